The molecule has 2 heterocycles. The van der Waals surface area contributed by atoms with Gasteiger partial charge in [0.1, 0.15) is 6.04 Å². The quantitative estimate of drug-likeness (QED) is 0.876. The summed E-state index contributed by atoms with van der Waals surface area (Å²) in [4.78, 5) is 15.4. The van der Waals surface area contributed by atoms with Crippen molar-refractivity contribution in [2.24, 2.45) is 0 Å². The molecule has 0 radical (unpaired) electrons. The molecule has 2 aromatic rings. The van der Waals surface area contributed by atoms with Gasteiger partial charge in [-0.25, -0.2) is 4.68 Å². The van der Waals surface area contributed by atoms with Crippen LogP contribution in [0.1, 0.15) is 25.5 Å². The van der Waals surface area contributed by atoms with Crippen LogP contribution in [0.25, 0.3) is 0 Å². The number of anilines is 2. The minimum Gasteiger partial charge on any atom is -0.329 e. The molecule has 6 nitrogen and oxygen atoms in total. The first kappa shape index (κ1) is 12.4. The normalized spacial score (nSPS) is 16.9. The molecule has 1 amide bonds. The Hall–Kier alpha value is -2.63. The number of benzene rings is 1. The SMILES string of the molecule is CC(=O)Nc1nc2n(n1)[C@@H](c1ccccc1)C=C(C)N2. The summed E-state index contributed by atoms with van der Waals surface area (Å²) in [6.07, 6.45) is 2.08. The first-order valence-corrected chi connectivity index (χ1v) is 6.38. The lowest BCUT2D eigenvalue weighted by atomic mass is 10.1. The van der Waals surface area contributed by atoms with Crippen LogP contribution in [0, 0.1) is 0 Å². The second-order valence-corrected chi connectivity index (χ2v) is 4.71. The maximum Gasteiger partial charge on any atom is 0.250 e. The number of nitrogens with zero attached hydrogens (tertiary/aromatic N) is 3. The van der Waals surface area contributed by atoms with Gasteiger partial charge in [-0.1, -0.05) is 30.3 Å². The molecule has 3 rings (SSSR count). The molecular weight excluding hydrogens is 254 g/mol. The molecule has 0 bridgehead atoms. The zero-order chi connectivity index (χ0) is 14.1. The summed E-state index contributed by atoms with van der Waals surface area (Å²) < 4.78 is 1.77. The average Bonchev–Trinajstić information content (AvgIpc) is 2.79. The van der Waals surface area contributed by atoms with Gasteiger partial charge in [-0.15, -0.1) is 5.10 Å². The van der Waals surface area contributed by atoms with E-state index in [1.807, 2.05) is 37.3 Å². The fraction of sp³-hybridized carbons (Fsp3) is 0.214. The van der Waals surface area contributed by atoms with Crippen molar-refractivity contribution in [3.63, 3.8) is 0 Å². The molecule has 6 heteroatoms. The molecular formula is C14H15N5O. The predicted octanol–water partition coefficient (Wildman–Crippen LogP) is 2.16. The zero-order valence-corrected chi connectivity index (χ0v) is 11.3. The molecule has 1 aromatic carbocycles. The van der Waals surface area contributed by atoms with Crippen LogP contribution in [-0.2, 0) is 4.79 Å². The second-order valence-electron chi connectivity index (χ2n) is 4.71. The third-order valence-electron chi connectivity index (χ3n) is 3.04. The second kappa shape index (κ2) is 4.80. The van der Waals surface area contributed by atoms with Crippen LogP contribution in [0.5, 0.6) is 0 Å². The number of nitrogens with one attached hydrogen (secondary N) is 2. The van der Waals surface area contributed by atoms with Crippen LogP contribution in [0.2, 0.25) is 0 Å². The van der Waals surface area contributed by atoms with E-state index in [9.17, 15) is 4.79 Å². The summed E-state index contributed by atoms with van der Waals surface area (Å²) in [5, 5.41) is 10.1. The maximum atomic E-state index is 11.1. The Morgan fingerprint density at radius 3 is 2.80 bits per heavy atom. The molecule has 0 saturated heterocycles. The van der Waals surface area contributed by atoms with Crippen molar-refractivity contribution in [3.8, 4) is 0 Å². The fourth-order valence-corrected chi connectivity index (χ4v) is 2.23. The number of fused-ring (bicyclic) bond motifs is 1. The summed E-state index contributed by atoms with van der Waals surface area (Å²) >= 11 is 0. The van der Waals surface area contributed by atoms with Crippen LogP contribution in [0.3, 0.4) is 0 Å². The molecule has 0 saturated carbocycles. The smallest absolute Gasteiger partial charge is 0.250 e. The van der Waals surface area contributed by atoms with E-state index in [0.29, 0.717) is 11.9 Å². The number of carbonyl (C=O) groups excluding carboxylic acids is 1. The zero-order valence-electron chi connectivity index (χ0n) is 11.3. The summed E-state index contributed by atoms with van der Waals surface area (Å²) in [6, 6.07) is 10.0. The van der Waals surface area contributed by atoms with Crippen LogP contribution < -0.4 is 10.6 Å². The van der Waals surface area contributed by atoms with Crippen LogP contribution in [0.4, 0.5) is 11.9 Å². The molecule has 1 aromatic heterocycles. The maximum absolute atomic E-state index is 11.1. The molecule has 1 aliphatic rings. The summed E-state index contributed by atoms with van der Waals surface area (Å²) in [6.45, 7) is 3.41. The third kappa shape index (κ3) is 2.27. The first-order valence-electron chi connectivity index (χ1n) is 6.38. The number of amides is 1. The first-order chi connectivity index (χ1) is 9.63. The highest BCUT2D eigenvalue weighted by Crippen LogP contribution is 2.29. The van der Waals surface area contributed by atoms with E-state index >= 15 is 0 Å². The van der Waals surface area contributed by atoms with Crippen molar-refractivity contribution in [3.05, 3.63) is 47.7 Å². The molecule has 1 atom stereocenters. The fourth-order valence-electron chi connectivity index (χ4n) is 2.23. The molecule has 102 valence electrons. The van der Waals surface area contributed by atoms with E-state index in [0.717, 1.165) is 11.3 Å². The molecule has 0 unspecified atom stereocenters. The summed E-state index contributed by atoms with van der Waals surface area (Å²) in [5.74, 6) is 0.750. The lowest BCUT2D eigenvalue weighted by Gasteiger charge is -2.22. The van der Waals surface area contributed by atoms with E-state index in [1.54, 1.807) is 4.68 Å². The summed E-state index contributed by atoms with van der Waals surface area (Å²) in [5.41, 5.74) is 2.13. The van der Waals surface area contributed by atoms with E-state index in [2.05, 4.69) is 26.8 Å². The molecule has 20 heavy (non-hydrogen) atoms. The predicted molar refractivity (Wildman–Crippen MR) is 76.3 cm³/mol. The monoisotopic (exact) mass is 269 g/mol. The van der Waals surface area contributed by atoms with Gasteiger partial charge in [0.25, 0.3) is 5.95 Å². The molecule has 0 spiro atoms. The highest BCUT2D eigenvalue weighted by Gasteiger charge is 2.23. The highest BCUT2D eigenvalue weighted by atomic mass is 16.1. The minimum absolute atomic E-state index is 0.0255. The number of hydrogen-bond acceptors (Lipinski definition) is 4. The Balaban J connectivity index is 2.02. The largest absolute Gasteiger partial charge is 0.329 e. The van der Waals surface area contributed by atoms with Gasteiger partial charge in [-0.2, -0.15) is 4.98 Å². The van der Waals surface area contributed by atoms with Crippen LogP contribution in [-0.4, -0.2) is 20.7 Å². The minimum atomic E-state index is -0.186. The Morgan fingerprint density at radius 2 is 2.10 bits per heavy atom. The van der Waals surface area contributed by atoms with Gasteiger partial charge in [0.15, 0.2) is 0 Å². The Bertz CT molecular complexity index is 674. The van der Waals surface area contributed by atoms with Crippen molar-refractivity contribution in [1.82, 2.24) is 14.8 Å². The number of rotatable bonds is 2. The number of carbonyl (C=O) groups is 1. The van der Waals surface area contributed by atoms with Gasteiger partial charge < -0.3 is 5.32 Å². The molecule has 0 fully saturated rings. The van der Waals surface area contributed by atoms with Gasteiger partial charge >= 0.3 is 0 Å². The number of hydrogen-bond donors (Lipinski definition) is 2. The van der Waals surface area contributed by atoms with Crippen molar-refractivity contribution < 1.29 is 4.79 Å². The summed E-state index contributed by atoms with van der Waals surface area (Å²) in [7, 11) is 0. The van der Waals surface area contributed by atoms with E-state index in [-0.39, 0.29) is 11.9 Å². The average molecular weight is 269 g/mol. The lowest BCUT2D eigenvalue weighted by molar-refractivity contribution is -0.114. The number of aromatic nitrogens is 3. The van der Waals surface area contributed by atoms with Crippen molar-refractivity contribution in [1.29, 1.82) is 0 Å². The topological polar surface area (TPSA) is 71.8 Å². The van der Waals surface area contributed by atoms with Crippen LogP contribution >= 0.6 is 0 Å². The highest BCUT2D eigenvalue weighted by molar-refractivity contribution is 5.86. The molecule has 1 aliphatic heterocycles. The van der Waals surface area contributed by atoms with Gasteiger partial charge in [0, 0.05) is 12.6 Å². The van der Waals surface area contributed by atoms with Gasteiger partial charge in [0.2, 0.25) is 11.9 Å². The van der Waals surface area contributed by atoms with E-state index in [4.69, 9.17) is 0 Å². The Labute approximate surface area is 116 Å². The van der Waals surface area contributed by atoms with Gasteiger partial charge in [0.05, 0.1) is 0 Å². The van der Waals surface area contributed by atoms with E-state index < -0.39 is 0 Å². The van der Waals surface area contributed by atoms with Crippen molar-refractivity contribution >= 4 is 17.8 Å². The van der Waals surface area contributed by atoms with Gasteiger partial charge in [-0.05, 0) is 18.6 Å². The van der Waals surface area contributed by atoms with E-state index in [1.165, 1.54) is 6.92 Å². The molecule has 0 aliphatic carbocycles. The standard InChI is InChI=1S/C14H15N5O/c1-9-8-12(11-6-4-3-5-7-11)19-14(15-9)17-13(18-19)16-10(2)20/h3-8,12H,1-2H3,(H2,15,16,17,18,20)/t12-/m1/s1. The molecule has 2 N–H and O–H groups in total. The lowest BCUT2D eigenvalue weighted by Crippen LogP contribution is -2.19. The van der Waals surface area contributed by atoms with Gasteiger partial charge in [-0.3, -0.25) is 10.1 Å². The van der Waals surface area contributed by atoms with Crippen LogP contribution in [0.15, 0.2) is 42.1 Å². The Morgan fingerprint density at radius 1 is 1.35 bits per heavy atom. The van der Waals surface area contributed by atoms with Crippen molar-refractivity contribution in [2.75, 3.05) is 10.6 Å². The Kier molecular flexibility index (Phi) is 2.98. The number of allylic oxidation sites excluding steroid dienone is 2. The third-order valence-corrected chi connectivity index (χ3v) is 3.04. The van der Waals surface area contributed by atoms with Crippen molar-refractivity contribution in [2.45, 2.75) is 19.9 Å².